The second-order valence-electron chi connectivity index (χ2n) is 12.4. The Morgan fingerprint density at radius 1 is 0.955 bits per heavy atom. The zero-order valence-corrected chi connectivity index (χ0v) is 26.2. The van der Waals surface area contributed by atoms with E-state index in [9.17, 15) is 33.9 Å². The molecular weight excluding hydrogens is 568 g/mol. The van der Waals surface area contributed by atoms with Gasteiger partial charge in [0.2, 0.25) is 17.6 Å². The third kappa shape index (κ3) is 8.79. The third-order valence-corrected chi connectivity index (χ3v) is 8.31. The number of nitrogens with one attached hydrogen (secondary N) is 3. The van der Waals surface area contributed by atoms with Crippen LogP contribution in [0.3, 0.4) is 0 Å². The van der Waals surface area contributed by atoms with Gasteiger partial charge in [-0.25, -0.2) is 9.59 Å². The van der Waals surface area contributed by atoms with Crippen molar-refractivity contribution >= 4 is 35.6 Å². The van der Waals surface area contributed by atoms with Gasteiger partial charge in [0.15, 0.2) is 0 Å². The van der Waals surface area contributed by atoms with Gasteiger partial charge in [0.05, 0.1) is 12.1 Å². The lowest BCUT2D eigenvalue weighted by Gasteiger charge is -2.32. The molecule has 2 aliphatic rings. The summed E-state index contributed by atoms with van der Waals surface area (Å²) in [6.07, 6.45) is 1.99. The lowest BCUT2D eigenvalue weighted by atomic mass is 9.92. The topological polar surface area (TPSA) is 171 Å². The Balaban J connectivity index is 1.77. The molecule has 2 fully saturated rings. The number of aliphatic carboxylic acids is 1. The van der Waals surface area contributed by atoms with E-state index in [-0.39, 0.29) is 36.7 Å². The van der Waals surface area contributed by atoms with Crippen molar-refractivity contribution in [3.8, 4) is 0 Å². The number of Topliss-reactive ketones (excluding diaryl/α,β-unsaturated/α-hetero) is 1. The predicted octanol–water partition coefficient (Wildman–Crippen LogP) is 2.44. The monoisotopic (exact) mass is 614 g/mol. The van der Waals surface area contributed by atoms with Crippen molar-refractivity contribution in [1.29, 1.82) is 0 Å². The number of carboxylic acids is 1. The molecule has 12 heteroatoms. The first-order valence-electron chi connectivity index (χ1n) is 15.5. The normalized spacial score (nSPS) is 21.2. The molecule has 1 saturated heterocycles. The number of carboxylic acid groups (broad SMARTS) is 1. The van der Waals surface area contributed by atoms with Crippen molar-refractivity contribution in [2.75, 3.05) is 6.54 Å². The van der Waals surface area contributed by atoms with Gasteiger partial charge in [-0.05, 0) is 56.4 Å². The number of hydrogen-bond donors (Lipinski definition) is 4. The summed E-state index contributed by atoms with van der Waals surface area (Å²) in [5.41, 5.74) is 0.676. The van der Waals surface area contributed by atoms with Crippen molar-refractivity contribution in [1.82, 2.24) is 20.9 Å². The highest BCUT2D eigenvalue weighted by atomic mass is 16.6. The molecule has 44 heavy (non-hydrogen) atoms. The fourth-order valence-corrected chi connectivity index (χ4v) is 6.19. The first-order valence-corrected chi connectivity index (χ1v) is 15.5. The van der Waals surface area contributed by atoms with Gasteiger partial charge in [-0.2, -0.15) is 0 Å². The van der Waals surface area contributed by atoms with Crippen LogP contribution in [0.2, 0.25) is 0 Å². The maximum atomic E-state index is 13.9. The second-order valence-corrected chi connectivity index (χ2v) is 12.4. The van der Waals surface area contributed by atoms with E-state index in [1.807, 2.05) is 0 Å². The first kappa shape index (κ1) is 34.5. The molecule has 1 heterocycles. The first-order chi connectivity index (χ1) is 20.8. The number of amides is 4. The summed E-state index contributed by atoms with van der Waals surface area (Å²) >= 11 is 0. The Hall–Kier alpha value is -3.96. The molecule has 1 aromatic rings. The number of nitrogens with zero attached hydrogens (tertiary/aromatic N) is 1. The smallest absolute Gasteiger partial charge is 0.408 e. The molecule has 1 aromatic carbocycles. The van der Waals surface area contributed by atoms with E-state index in [4.69, 9.17) is 4.74 Å². The van der Waals surface area contributed by atoms with Crippen LogP contribution in [0.1, 0.15) is 72.3 Å². The minimum absolute atomic E-state index is 0.0159. The number of likely N-dealkylation sites (tertiary alicyclic amines) is 1. The zero-order valence-electron chi connectivity index (χ0n) is 26.2. The lowest BCUT2D eigenvalue weighted by molar-refractivity contribution is -0.146. The van der Waals surface area contributed by atoms with Crippen LogP contribution in [-0.4, -0.2) is 82.4 Å². The Kier molecular flexibility index (Phi) is 12.3. The van der Waals surface area contributed by atoms with Crippen LogP contribution in [-0.2, 0) is 35.1 Å². The molecule has 0 spiro atoms. The van der Waals surface area contributed by atoms with Gasteiger partial charge in [-0.15, -0.1) is 0 Å². The molecule has 1 aliphatic heterocycles. The molecule has 0 radical (unpaired) electrons. The van der Waals surface area contributed by atoms with Gasteiger partial charge in [-0.3, -0.25) is 19.2 Å². The quantitative estimate of drug-likeness (QED) is 0.232. The highest BCUT2D eigenvalue weighted by molar-refractivity contribution is 6.38. The Labute approximate surface area is 258 Å². The molecule has 1 aliphatic carbocycles. The van der Waals surface area contributed by atoms with Crippen LogP contribution >= 0.6 is 0 Å². The average Bonchev–Trinajstić information content (AvgIpc) is 3.56. The van der Waals surface area contributed by atoms with Gasteiger partial charge in [0.1, 0.15) is 18.1 Å². The molecule has 4 N–H and O–H groups in total. The largest absolute Gasteiger partial charge is 0.480 e. The molecule has 4 amide bonds. The highest BCUT2D eigenvalue weighted by Gasteiger charge is 2.51. The Morgan fingerprint density at radius 2 is 1.64 bits per heavy atom. The van der Waals surface area contributed by atoms with Crippen LogP contribution < -0.4 is 16.0 Å². The van der Waals surface area contributed by atoms with Crippen molar-refractivity contribution < 1.29 is 38.6 Å². The van der Waals surface area contributed by atoms with Crippen LogP contribution in [0, 0.1) is 17.8 Å². The van der Waals surface area contributed by atoms with Crippen molar-refractivity contribution in [3.05, 3.63) is 35.9 Å². The van der Waals surface area contributed by atoms with E-state index in [0.29, 0.717) is 18.5 Å². The number of ketones is 1. The highest BCUT2D eigenvalue weighted by Crippen LogP contribution is 2.42. The van der Waals surface area contributed by atoms with E-state index >= 15 is 0 Å². The lowest BCUT2D eigenvalue weighted by Crippen LogP contribution is -2.59. The number of rotatable bonds is 14. The predicted molar refractivity (Wildman–Crippen MR) is 161 cm³/mol. The number of ether oxygens (including phenoxy) is 1. The Bertz CT molecular complexity index is 1200. The molecule has 2 unspecified atom stereocenters. The molecule has 3 rings (SSSR count). The zero-order chi connectivity index (χ0) is 32.6. The van der Waals surface area contributed by atoms with E-state index in [2.05, 4.69) is 16.0 Å². The van der Waals surface area contributed by atoms with E-state index < -0.39 is 59.7 Å². The fraction of sp³-hybridized carbons (Fsp3) is 0.625. The van der Waals surface area contributed by atoms with Crippen molar-refractivity contribution in [3.63, 3.8) is 0 Å². The van der Waals surface area contributed by atoms with E-state index in [0.717, 1.165) is 19.3 Å². The number of alkyl carbamates (subject to hydrolysis) is 1. The SMILES string of the molecule is CCCC(NC(=O)[C@@H]1[C@H]2CCCC2CN1C(=O)[C@@H](NC(=O)OC(C)C)C(C)C)C(=O)C(=O)N[C@@H](Cc1ccccc1)C(=O)O. The standard InChI is InChI=1S/C32H46N4O8/c1-6-11-23(27(37)29(39)34-24(31(41)42)16-20-12-8-7-9-13-20)33-28(38)26-22-15-10-14-21(22)17-36(26)30(40)25(18(2)3)35-32(43)44-19(4)5/h7-9,12-13,18-19,21-26H,6,10-11,14-17H2,1-5H3,(H,33,38)(H,34,39)(H,35,43)(H,41,42)/t21?,22-,23?,24-,25-,26-/m0/s1. The van der Waals surface area contributed by atoms with Gasteiger partial charge in [-0.1, -0.05) is 63.9 Å². The van der Waals surface area contributed by atoms with Crippen LogP contribution in [0.4, 0.5) is 4.79 Å². The molecule has 242 valence electrons. The van der Waals surface area contributed by atoms with Crippen LogP contribution in [0.5, 0.6) is 0 Å². The average molecular weight is 615 g/mol. The summed E-state index contributed by atoms with van der Waals surface area (Å²) < 4.78 is 5.18. The van der Waals surface area contributed by atoms with Crippen molar-refractivity contribution in [2.24, 2.45) is 17.8 Å². The maximum absolute atomic E-state index is 13.9. The number of carbonyl (C=O) groups excluding carboxylic acids is 5. The maximum Gasteiger partial charge on any atom is 0.408 e. The molecule has 6 atom stereocenters. The van der Waals surface area contributed by atoms with Crippen molar-refractivity contribution in [2.45, 2.75) is 103 Å². The number of hydrogen-bond acceptors (Lipinski definition) is 7. The fourth-order valence-electron chi connectivity index (χ4n) is 6.19. The second kappa shape index (κ2) is 15.7. The van der Waals surface area contributed by atoms with Gasteiger partial charge in [0.25, 0.3) is 5.91 Å². The molecule has 0 aromatic heterocycles. The van der Waals surface area contributed by atoms with E-state index in [1.54, 1.807) is 65.0 Å². The summed E-state index contributed by atoms with van der Waals surface area (Å²) in [7, 11) is 0. The van der Waals surface area contributed by atoms with Gasteiger partial charge in [0, 0.05) is 13.0 Å². The van der Waals surface area contributed by atoms with E-state index in [1.165, 1.54) is 4.90 Å². The number of benzene rings is 1. The summed E-state index contributed by atoms with van der Waals surface area (Å²) in [6, 6.07) is 4.39. The van der Waals surface area contributed by atoms with Crippen LogP contribution in [0.25, 0.3) is 0 Å². The number of carbonyl (C=O) groups is 6. The molecular formula is C32H46N4O8. The van der Waals surface area contributed by atoms with Gasteiger partial charge < -0.3 is 30.7 Å². The summed E-state index contributed by atoms with van der Waals surface area (Å²) in [6.45, 7) is 9.13. The molecule has 1 saturated carbocycles. The Morgan fingerprint density at radius 3 is 2.23 bits per heavy atom. The summed E-state index contributed by atoms with van der Waals surface area (Å²) in [5.74, 6) is -4.60. The number of fused-ring (bicyclic) bond motifs is 1. The third-order valence-electron chi connectivity index (χ3n) is 8.31. The molecule has 12 nitrogen and oxygen atoms in total. The summed E-state index contributed by atoms with van der Waals surface area (Å²) in [5, 5.41) is 17.4. The van der Waals surface area contributed by atoms with Gasteiger partial charge >= 0.3 is 12.1 Å². The molecule has 0 bridgehead atoms. The minimum atomic E-state index is -1.34. The minimum Gasteiger partial charge on any atom is -0.480 e. The summed E-state index contributed by atoms with van der Waals surface area (Å²) in [4.78, 5) is 79.7. The van der Waals surface area contributed by atoms with Crippen LogP contribution in [0.15, 0.2) is 30.3 Å².